The first-order chi connectivity index (χ1) is 5.79. The van der Waals surface area contributed by atoms with Gasteiger partial charge in [-0.1, -0.05) is 0 Å². The van der Waals surface area contributed by atoms with Gasteiger partial charge in [0, 0.05) is 5.54 Å². The minimum absolute atomic E-state index is 0.196. The summed E-state index contributed by atoms with van der Waals surface area (Å²) in [4.78, 5) is 0. The van der Waals surface area contributed by atoms with Crippen molar-refractivity contribution in [3.8, 4) is 0 Å². The number of rotatable bonds is 3. The van der Waals surface area contributed by atoms with E-state index >= 15 is 0 Å². The molecule has 2 heteroatoms. The van der Waals surface area contributed by atoms with E-state index in [2.05, 4.69) is 16.8 Å². The Morgan fingerprint density at radius 2 is 2.33 bits per heavy atom. The van der Waals surface area contributed by atoms with Gasteiger partial charge in [-0.3, -0.25) is 0 Å². The molecule has 1 aliphatic rings. The van der Waals surface area contributed by atoms with Crippen molar-refractivity contribution in [1.29, 1.82) is 0 Å². The van der Waals surface area contributed by atoms with Crippen LogP contribution in [-0.2, 0) is 6.42 Å². The minimum Gasteiger partial charge on any atom is -0.325 e. The van der Waals surface area contributed by atoms with E-state index in [1.165, 1.54) is 37.7 Å². The molecule has 1 aromatic heterocycles. The molecule has 1 aromatic rings. The van der Waals surface area contributed by atoms with Crippen LogP contribution in [-0.4, -0.2) is 5.54 Å². The Bertz CT molecular complexity index is 236. The van der Waals surface area contributed by atoms with Crippen LogP contribution in [0.15, 0.2) is 16.8 Å². The van der Waals surface area contributed by atoms with Crippen molar-refractivity contribution in [2.45, 2.75) is 37.6 Å². The maximum absolute atomic E-state index is 6.12. The van der Waals surface area contributed by atoms with Gasteiger partial charge in [0.2, 0.25) is 0 Å². The summed E-state index contributed by atoms with van der Waals surface area (Å²) in [5.41, 5.74) is 7.77. The smallest absolute Gasteiger partial charge is 0.0157 e. The summed E-state index contributed by atoms with van der Waals surface area (Å²) >= 11 is 1.77. The fourth-order valence-electron chi connectivity index (χ4n) is 1.71. The van der Waals surface area contributed by atoms with Crippen molar-refractivity contribution >= 4 is 11.3 Å². The van der Waals surface area contributed by atoms with Crippen molar-refractivity contribution < 1.29 is 0 Å². The third kappa shape index (κ3) is 1.70. The normalized spacial score (nSPS) is 20.4. The van der Waals surface area contributed by atoms with E-state index in [4.69, 9.17) is 5.73 Å². The van der Waals surface area contributed by atoms with Gasteiger partial charge >= 0.3 is 0 Å². The van der Waals surface area contributed by atoms with E-state index in [0.717, 1.165) is 0 Å². The molecule has 1 heterocycles. The molecule has 0 spiro atoms. The number of thiophene rings is 1. The predicted molar refractivity (Wildman–Crippen MR) is 53.4 cm³/mol. The van der Waals surface area contributed by atoms with Gasteiger partial charge in [0.25, 0.3) is 0 Å². The maximum Gasteiger partial charge on any atom is 0.0157 e. The molecule has 0 radical (unpaired) electrons. The first kappa shape index (κ1) is 8.27. The summed E-state index contributed by atoms with van der Waals surface area (Å²) in [6, 6.07) is 2.20. The maximum atomic E-state index is 6.12. The van der Waals surface area contributed by atoms with Crippen LogP contribution in [0.1, 0.15) is 31.2 Å². The van der Waals surface area contributed by atoms with E-state index in [9.17, 15) is 0 Å². The van der Waals surface area contributed by atoms with Gasteiger partial charge in [-0.2, -0.15) is 11.3 Å². The molecule has 66 valence electrons. The largest absolute Gasteiger partial charge is 0.325 e. The highest BCUT2D eigenvalue weighted by atomic mass is 32.1. The fraction of sp³-hybridized carbons (Fsp3) is 0.600. The summed E-state index contributed by atoms with van der Waals surface area (Å²) in [5.74, 6) is 0. The molecule has 0 aromatic carbocycles. The molecule has 0 atom stereocenters. The average molecular weight is 181 g/mol. The monoisotopic (exact) mass is 181 g/mol. The lowest BCUT2D eigenvalue weighted by Crippen LogP contribution is -2.46. The number of hydrogen-bond acceptors (Lipinski definition) is 2. The number of nitrogens with two attached hydrogens (primary N) is 1. The van der Waals surface area contributed by atoms with Crippen LogP contribution < -0.4 is 5.73 Å². The molecular weight excluding hydrogens is 166 g/mol. The zero-order valence-electron chi connectivity index (χ0n) is 7.25. The van der Waals surface area contributed by atoms with Crippen molar-refractivity contribution in [2.75, 3.05) is 0 Å². The molecule has 1 saturated carbocycles. The van der Waals surface area contributed by atoms with Crippen molar-refractivity contribution in [1.82, 2.24) is 0 Å². The van der Waals surface area contributed by atoms with Gasteiger partial charge < -0.3 is 5.73 Å². The molecule has 12 heavy (non-hydrogen) atoms. The lowest BCUT2D eigenvalue weighted by molar-refractivity contribution is 0.232. The Morgan fingerprint density at radius 1 is 1.50 bits per heavy atom. The highest BCUT2D eigenvalue weighted by molar-refractivity contribution is 7.07. The molecule has 2 N–H and O–H groups in total. The van der Waals surface area contributed by atoms with E-state index in [1.807, 2.05) is 0 Å². The molecule has 2 rings (SSSR count). The molecule has 0 aliphatic heterocycles. The Balaban J connectivity index is 1.82. The topological polar surface area (TPSA) is 26.0 Å². The zero-order chi connectivity index (χ0) is 8.44. The van der Waals surface area contributed by atoms with Crippen molar-refractivity contribution in [3.05, 3.63) is 22.4 Å². The lowest BCUT2D eigenvalue weighted by atomic mass is 9.74. The van der Waals surface area contributed by atoms with Gasteiger partial charge in [0.05, 0.1) is 0 Å². The lowest BCUT2D eigenvalue weighted by Gasteiger charge is -2.38. The molecule has 0 saturated heterocycles. The highest BCUT2D eigenvalue weighted by Gasteiger charge is 2.31. The summed E-state index contributed by atoms with van der Waals surface area (Å²) in [6.07, 6.45) is 6.14. The molecule has 1 fully saturated rings. The van der Waals surface area contributed by atoms with Crippen molar-refractivity contribution in [3.63, 3.8) is 0 Å². The van der Waals surface area contributed by atoms with E-state index in [-0.39, 0.29) is 5.54 Å². The minimum atomic E-state index is 0.196. The van der Waals surface area contributed by atoms with Gasteiger partial charge in [-0.25, -0.2) is 0 Å². The summed E-state index contributed by atoms with van der Waals surface area (Å²) in [7, 11) is 0. The summed E-state index contributed by atoms with van der Waals surface area (Å²) < 4.78 is 0. The highest BCUT2D eigenvalue weighted by Crippen LogP contribution is 2.33. The molecular formula is C10H15NS. The number of aryl methyl sites for hydroxylation is 1. The van der Waals surface area contributed by atoms with Crippen molar-refractivity contribution in [2.24, 2.45) is 5.73 Å². The second-order valence-corrected chi connectivity index (χ2v) is 4.63. The number of hydrogen-bond donors (Lipinski definition) is 1. The first-order valence-corrected chi connectivity index (χ1v) is 5.53. The standard InChI is InChI=1S/C10H15NS/c11-10(4-1-5-10)6-2-9-3-7-12-8-9/h3,7-8H,1-2,4-6,11H2. The van der Waals surface area contributed by atoms with E-state index in [0.29, 0.717) is 0 Å². The fourth-order valence-corrected chi connectivity index (χ4v) is 2.41. The first-order valence-electron chi connectivity index (χ1n) is 4.58. The average Bonchev–Trinajstić information content (AvgIpc) is 2.49. The third-order valence-corrected chi connectivity index (χ3v) is 3.57. The molecule has 1 aliphatic carbocycles. The van der Waals surface area contributed by atoms with Gasteiger partial charge in [-0.15, -0.1) is 0 Å². The predicted octanol–water partition coefficient (Wildman–Crippen LogP) is 2.56. The van der Waals surface area contributed by atoms with Crippen LogP contribution in [0.4, 0.5) is 0 Å². The summed E-state index contributed by atoms with van der Waals surface area (Å²) in [5, 5.41) is 4.36. The van der Waals surface area contributed by atoms with Gasteiger partial charge in [-0.05, 0) is 54.5 Å². The third-order valence-electron chi connectivity index (χ3n) is 2.84. The Labute approximate surface area is 77.6 Å². The molecule has 0 amide bonds. The zero-order valence-corrected chi connectivity index (χ0v) is 8.07. The molecule has 0 bridgehead atoms. The molecule has 0 unspecified atom stereocenters. The van der Waals surface area contributed by atoms with Crippen LogP contribution in [0.25, 0.3) is 0 Å². The second-order valence-electron chi connectivity index (χ2n) is 3.85. The van der Waals surface area contributed by atoms with Crippen LogP contribution >= 0.6 is 11.3 Å². The molecule has 1 nitrogen and oxygen atoms in total. The summed E-state index contributed by atoms with van der Waals surface area (Å²) in [6.45, 7) is 0. The Morgan fingerprint density at radius 3 is 2.83 bits per heavy atom. The van der Waals surface area contributed by atoms with Crippen LogP contribution in [0.5, 0.6) is 0 Å². The van der Waals surface area contributed by atoms with E-state index < -0.39 is 0 Å². The van der Waals surface area contributed by atoms with Crippen LogP contribution in [0, 0.1) is 0 Å². The quantitative estimate of drug-likeness (QED) is 0.762. The van der Waals surface area contributed by atoms with E-state index in [1.54, 1.807) is 11.3 Å². The van der Waals surface area contributed by atoms with Crippen LogP contribution in [0.3, 0.4) is 0 Å². The second kappa shape index (κ2) is 3.19. The van der Waals surface area contributed by atoms with Gasteiger partial charge in [0.15, 0.2) is 0 Å². The van der Waals surface area contributed by atoms with Crippen LogP contribution in [0.2, 0.25) is 0 Å². The Kier molecular flexibility index (Phi) is 2.20. The van der Waals surface area contributed by atoms with Gasteiger partial charge in [0.1, 0.15) is 0 Å². The SMILES string of the molecule is NC1(CCc2ccsc2)CCC1. The Hall–Kier alpha value is -0.340.